The van der Waals surface area contributed by atoms with Crippen LogP contribution < -0.4 is 10.2 Å². The molecule has 0 saturated heterocycles. The van der Waals surface area contributed by atoms with E-state index in [1.54, 1.807) is 6.92 Å². The molecule has 7 heteroatoms. The van der Waals surface area contributed by atoms with Crippen LogP contribution in [0.4, 0.5) is 16.2 Å². The molecule has 3 atom stereocenters. The topological polar surface area (TPSA) is 61.8 Å². The van der Waals surface area contributed by atoms with E-state index in [1.807, 2.05) is 97.1 Å². The van der Waals surface area contributed by atoms with Gasteiger partial charge in [-0.1, -0.05) is 83.9 Å². The second kappa shape index (κ2) is 11.4. The van der Waals surface area contributed by atoms with Crippen molar-refractivity contribution in [3.05, 3.63) is 142 Å². The standard InChI is InChI=1S/C32H28Cl2N2O3/c1-22(39-31(37)38)32(24-10-6-3-7-11-24)21-28(35-27-16-12-25(33)13-17-27)20-30(23-8-4-2-5-9-23)36(32)29-18-14-26(34)15-19-29/h2-19,21-22,30,35H,20H2,1H3,(H,37,38). The molecule has 1 aliphatic heterocycles. The van der Waals surface area contributed by atoms with E-state index in [-0.39, 0.29) is 6.04 Å². The first-order valence-electron chi connectivity index (χ1n) is 12.7. The number of rotatable bonds is 7. The lowest BCUT2D eigenvalue weighted by atomic mass is 9.76. The zero-order valence-electron chi connectivity index (χ0n) is 21.3. The highest BCUT2D eigenvalue weighted by molar-refractivity contribution is 6.30. The van der Waals surface area contributed by atoms with Crippen LogP contribution in [0.2, 0.25) is 10.0 Å². The summed E-state index contributed by atoms with van der Waals surface area (Å²) in [6, 6.07) is 35.1. The van der Waals surface area contributed by atoms with Crippen LogP contribution in [-0.4, -0.2) is 17.4 Å². The van der Waals surface area contributed by atoms with Gasteiger partial charge in [0.2, 0.25) is 0 Å². The number of anilines is 2. The maximum Gasteiger partial charge on any atom is 0.506 e. The van der Waals surface area contributed by atoms with Crippen molar-refractivity contribution in [3.63, 3.8) is 0 Å². The third-order valence-electron chi connectivity index (χ3n) is 7.09. The molecule has 0 fully saturated rings. The fourth-order valence-corrected chi connectivity index (χ4v) is 5.66. The van der Waals surface area contributed by atoms with Gasteiger partial charge < -0.3 is 20.1 Å². The quantitative estimate of drug-likeness (QED) is 0.222. The van der Waals surface area contributed by atoms with E-state index in [2.05, 4.69) is 28.4 Å². The van der Waals surface area contributed by atoms with E-state index in [0.717, 1.165) is 28.2 Å². The number of nitrogens with one attached hydrogen (secondary N) is 1. The van der Waals surface area contributed by atoms with Gasteiger partial charge in [0.15, 0.2) is 0 Å². The number of nitrogens with zero attached hydrogens (tertiary/aromatic N) is 1. The molecule has 39 heavy (non-hydrogen) atoms. The predicted octanol–water partition coefficient (Wildman–Crippen LogP) is 8.92. The molecule has 0 saturated carbocycles. The molecule has 1 heterocycles. The van der Waals surface area contributed by atoms with Crippen molar-refractivity contribution in [2.24, 2.45) is 0 Å². The molecule has 4 aromatic rings. The maximum atomic E-state index is 12.0. The average Bonchev–Trinajstić information content (AvgIpc) is 2.95. The summed E-state index contributed by atoms with van der Waals surface area (Å²) in [6.07, 6.45) is 0.598. The molecule has 0 aromatic heterocycles. The lowest BCUT2D eigenvalue weighted by Gasteiger charge is -2.53. The Hall–Kier alpha value is -3.93. The molecule has 0 amide bonds. The fourth-order valence-electron chi connectivity index (χ4n) is 5.41. The Morgan fingerprint density at radius 3 is 2.05 bits per heavy atom. The first-order chi connectivity index (χ1) is 18.9. The summed E-state index contributed by atoms with van der Waals surface area (Å²) in [6.45, 7) is 1.80. The van der Waals surface area contributed by atoms with E-state index in [1.165, 1.54) is 0 Å². The van der Waals surface area contributed by atoms with Gasteiger partial charge in [-0.15, -0.1) is 0 Å². The van der Waals surface area contributed by atoms with Crippen LogP contribution in [0, 0.1) is 0 Å². The summed E-state index contributed by atoms with van der Waals surface area (Å²) in [7, 11) is 0. The minimum atomic E-state index is -1.34. The Morgan fingerprint density at radius 2 is 1.46 bits per heavy atom. The van der Waals surface area contributed by atoms with Crippen LogP contribution >= 0.6 is 23.2 Å². The molecule has 4 aromatic carbocycles. The molecule has 0 bridgehead atoms. The second-order valence-corrected chi connectivity index (χ2v) is 10.4. The van der Waals surface area contributed by atoms with Crippen molar-refractivity contribution in [1.29, 1.82) is 0 Å². The summed E-state index contributed by atoms with van der Waals surface area (Å²) in [5, 5.41) is 14.6. The van der Waals surface area contributed by atoms with Crippen molar-refractivity contribution < 1.29 is 14.6 Å². The van der Waals surface area contributed by atoms with Gasteiger partial charge in [-0.2, -0.15) is 0 Å². The third kappa shape index (κ3) is 5.60. The summed E-state index contributed by atoms with van der Waals surface area (Å²) >= 11 is 12.4. The Labute approximate surface area is 238 Å². The summed E-state index contributed by atoms with van der Waals surface area (Å²) < 4.78 is 5.58. The van der Waals surface area contributed by atoms with Crippen molar-refractivity contribution in [2.75, 3.05) is 10.2 Å². The van der Waals surface area contributed by atoms with Gasteiger partial charge in [-0.05, 0) is 72.7 Å². The summed E-state index contributed by atoms with van der Waals surface area (Å²) in [4.78, 5) is 14.2. The number of carboxylic acid groups (broad SMARTS) is 1. The molecule has 5 nitrogen and oxygen atoms in total. The predicted molar refractivity (Wildman–Crippen MR) is 158 cm³/mol. The van der Waals surface area contributed by atoms with Crippen molar-refractivity contribution >= 4 is 40.7 Å². The van der Waals surface area contributed by atoms with Gasteiger partial charge in [0.05, 0.1) is 6.04 Å². The molecule has 0 spiro atoms. The fraction of sp³-hybridized carbons (Fsp3) is 0.156. The molecule has 198 valence electrons. The molecule has 5 rings (SSSR count). The lowest BCUT2D eigenvalue weighted by Crippen LogP contribution is -2.57. The minimum Gasteiger partial charge on any atom is -0.450 e. The normalized spacial score (nSPS) is 19.6. The molecule has 0 aliphatic carbocycles. The number of hydrogen-bond acceptors (Lipinski definition) is 4. The highest BCUT2D eigenvalue weighted by Gasteiger charge is 2.50. The summed E-state index contributed by atoms with van der Waals surface area (Å²) in [5.41, 5.74) is 3.66. The molecule has 0 radical (unpaired) electrons. The van der Waals surface area contributed by atoms with Crippen molar-refractivity contribution in [2.45, 2.75) is 31.0 Å². The van der Waals surface area contributed by atoms with Gasteiger partial charge in [0, 0.05) is 33.5 Å². The van der Waals surface area contributed by atoms with Crippen LogP contribution in [0.1, 0.15) is 30.5 Å². The van der Waals surface area contributed by atoms with Crippen LogP contribution in [0.3, 0.4) is 0 Å². The molecular formula is C32H28Cl2N2O3. The highest BCUT2D eigenvalue weighted by atomic mass is 35.5. The van der Waals surface area contributed by atoms with Crippen LogP contribution in [0.15, 0.2) is 121 Å². The zero-order valence-corrected chi connectivity index (χ0v) is 22.8. The Kier molecular flexibility index (Phi) is 7.82. The van der Waals surface area contributed by atoms with Gasteiger partial charge in [-0.3, -0.25) is 0 Å². The van der Waals surface area contributed by atoms with Crippen LogP contribution in [0.5, 0.6) is 0 Å². The first-order valence-corrected chi connectivity index (χ1v) is 13.4. The van der Waals surface area contributed by atoms with Crippen molar-refractivity contribution in [1.82, 2.24) is 0 Å². The smallest absolute Gasteiger partial charge is 0.450 e. The monoisotopic (exact) mass is 558 g/mol. The SMILES string of the molecule is CC(OC(=O)O)C1(c2ccccc2)C=C(Nc2ccc(Cl)cc2)CC(c2ccccc2)N1c1ccc(Cl)cc1. The van der Waals surface area contributed by atoms with Gasteiger partial charge in [0.1, 0.15) is 11.6 Å². The summed E-state index contributed by atoms with van der Waals surface area (Å²) in [5.74, 6) is 0. The first kappa shape index (κ1) is 26.7. The highest BCUT2D eigenvalue weighted by Crippen LogP contribution is 2.50. The van der Waals surface area contributed by atoms with Gasteiger partial charge >= 0.3 is 6.16 Å². The minimum absolute atomic E-state index is 0.174. The zero-order chi connectivity index (χ0) is 27.4. The van der Waals surface area contributed by atoms with E-state index in [9.17, 15) is 9.90 Å². The maximum absolute atomic E-state index is 12.0. The molecular weight excluding hydrogens is 531 g/mol. The second-order valence-electron chi connectivity index (χ2n) is 9.50. The number of halogens is 2. The third-order valence-corrected chi connectivity index (χ3v) is 7.59. The van der Waals surface area contributed by atoms with Gasteiger partial charge in [0.25, 0.3) is 0 Å². The molecule has 3 unspecified atom stereocenters. The lowest BCUT2D eigenvalue weighted by molar-refractivity contribution is 0.0278. The number of hydrogen-bond donors (Lipinski definition) is 2. The van der Waals surface area contributed by atoms with Crippen LogP contribution in [0.25, 0.3) is 0 Å². The average molecular weight is 559 g/mol. The van der Waals surface area contributed by atoms with E-state index in [0.29, 0.717) is 16.5 Å². The number of carbonyl (C=O) groups is 1. The largest absolute Gasteiger partial charge is 0.506 e. The molecule has 1 aliphatic rings. The Balaban J connectivity index is 1.79. The number of ether oxygens (including phenoxy) is 1. The Morgan fingerprint density at radius 1 is 0.897 bits per heavy atom. The van der Waals surface area contributed by atoms with Crippen LogP contribution in [-0.2, 0) is 10.3 Å². The Bertz CT molecular complexity index is 1440. The van der Waals surface area contributed by atoms with E-state index in [4.69, 9.17) is 27.9 Å². The van der Waals surface area contributed by atoms with E-state index < -0.39 is 17.8 Å². The van der Waals surface area contributed by atoms with E-state index >= 15 is 0 Å². The number of benzene rings is 4. The van der Waals surface area contributed by atoms with Gasteiger partial charge in [-0.25, -0.2) is 4.79 Å². The molecule has 2 N–H and O–H groups in total. The van der Waals surface area contributed by atoms with Crippen molar-refractivity contribution in [3.8, 4) is 0 Å².